The second-order valence-corrected chi connectivity index (χ2v) is 3.73. The molecule has 0 radical (unpaired) electrons. The van der Waals surface area contributed by atoms with Crippen molar-refractivity contribution in [1.82, 2.24) is 5.32 Å². The molecule has 4 nitrogen and oxygen atoms in total. The molecule has 12 heavy (non-hydrogen) atoms. The zero-order chi connectivity index (χ0) is 9.07. The third kappa shape index (κ3) is 7.24. The number of nitrogens with zero attached hydrogens (tertiary/aromatic N) is 1. The van der Waals surface area contributed by atoms with Crippen LogP contribution in [0, 0.1) is 0 Å². The van der Waals surface area contributed by atoms with E-state index < -0.39 is 0 Å². The average molecular weight is 174 g/mol. The molecule has 0 saturated carbocycles. The molecule has 0 atom stereocenters. The van der Waals surface area contributed by atoms with Gasteiger partial charge in [0.25, 0.3) is 5.91 Å². The zero-order valence-corrected chi connectivity index (χ0v) is 8.22. The van der Waals surface area contributed by atoms with Crippen LogP contribution in [0.1, 0.15) is 6.92 Å². The number of carbonyl (C=O) groups is 1. The summed E-state index contributed by atoms with van der Waals surface area (Å²) < 4.78 is 0.721. The molecule has 0 aromatic rings. The molecule has 4 heteroatoms. The Hall–Kier alpha value is -0.870. The maximum Gasteiger partial charge on any atom is 0.250 e. The Morgan fingerprint density at radius 3 is 2.08 bits per heavy atom. The van der Waals surface area contributed by atoms with Crippen molar-refractivity contribution in [3.05, 3.63) is 12.2 Å². The number of amides is 1. The van der Waals surface area contributed by atoms with E-state index in [9.17, 15) is 4.79 Å². The van der Waals surface area contributed by atoms with Crippen LogP contribution in [0.2, 0.25) is 0 Å². The monoisotopic (exact) mass is 174 g/mol. The molecule has 0 bridgehead atoms. The summed E-state index contributed by atoms with van der Waals surface area (Å²) in [7, 11) is 6.04. The van der Waals surface area contributed by atoms with Crippen molar-refractivity contribution in [1.29, 1.82) is 0 Å². The fraction of sp³-hybridized carbons (Fsp3) is 0.625. The SMILES string of the molecule is C=C(C)C(=O)NC[N+](C)(C)C.[OH-]. The average Bonchev–Trinajstić information content (AvgIpc) is 1.80. The molecule has 0 aliphatic carbocycles. The Bertz CT molecular complexity index is 170. The van der Waals surface area contributed by atoms with Gasteiger partial charge in [-0.3, -0.25) is 4.79 Å². The Kier molecular flexibility index (Phi) is 5.59. The van der Waals surface area contributed by atoms with Gasteiger partial charge in [-0.2, -0.15) is 0 Å². The third-order valence-electron chi connectivity index (χ3n) is 1.10. The highest BCUT2D eigenvalue weighted by Crippen LogP contribution is 1.89. The molecule has 0 spiro atoms. The maximum atomic E-state index is 11.0. The van der Waals surface area contributed by atoms with Crippen molar-refractivity contribution in [2.75, 3.05) is 27.8 Å². The van der Waals surface area contributed by atoms with Crippen LogP contribution in [0.3, 0.4) is 0 Å². The van der Waals surface area contributed by atoms with Gasteiger partial charge in [0.15, 0.2) is 6.67 Å². The summed E-state index contributed by atoms with van der Waals surface area (Å²) in [5.41, 5.74) is 0.554. The number of hydrogen-bond acceptors (Lipinski definition) is 2. The van der Waals surface area contributed by atoms with E-state index in [1.165, 1.54) is 0 Å². The summed E-state index contributed by atoms with van der Waals surface area (Å²) in [6.45, 7) is 5.87. The number of rotatable bonds is 3. The van der Waals surface area contributed by atoms with Gasteiger partial charge in [0.05, 0.1) is 21.1 Å². The summed E-state index contributed by atoms with van der Waals surface area (Å²) in [5, 5.41) is 2.76. The number of quaternary nitrogens is 1. The lowest BCUT2D eigenvalue weighted by Crippen LogP contribution is -2.45. The Labute approximate surface area is 73.8 Å². The first-order chi connectivity index (χ1) is 4.83. The molecule has 0 saturated heterocycles. The molecule has 0 rings (SSSR count). The molecule has 1 amide bonds. The van der Waals surface area contributed by atoms with E-state index in [0.29, 0.717) is 12.2 Å². The first kappa shape index (κ1) is 13.7. The van der Waals surface area contributed by atoms with E-state index in [2.05, 4.69) is 11.9 Å². The fourth-order valence-corrected chi connectivity index (χ4v) is 0.460. The van der Waals surface area contributed by atoms with Crippen LogP contribution in [0.5, 0.6) is 0 Å². The van der Waals surface area contributed by atoms with E-state index in [1.807, 2.05) is 21.1 Å². The van der Waals surface area contributed by atoms with Crippen LogP contribution in [-0.4, -0.2) is 43.7 Å². The lowest BCUT2D eigenvalue weighted by atomic mass is 10.3. The highest BCUT2D eigenvalue weighted by atomic mass is 16.1. The molecule has 0 heterocycles. The minimum Gasteiger partial charge on any atom is -0.870 e. The van der Waals surface area contributed by atoms with Crippen molar-refractivity contribution in [3.63, 3.8) is 0 Å². The first-order valence-electron chi connectivity index (χ1n) is 3.57. The standard InChI is InChI=1S/C8H16N2O.H2O/c1-7(2)8(11)9-6-10(3,4)5;/h1,6H2,2-5H3;1H2. The smallest absolute Gasteiger partial charge is 0.250 e. The van der Waals surface area contributed by atoms with Crippen molar-refractivity contribution in [2.24, 2.45) is 0 Å². The van der Waals surface area contributed by atoms with E-state index in [1.54, 1.807) is 6.92 Å². The lowest BCUT2D eigenvalue weighted by Gasteiger charge is -2.23. The van der Waals surface area contributed by atoms with Gasteiger partial charge in [0.1, 0.15) is 0 Å². The summed E-state index contributed by atoms with van der Waals surface area (Å²) >= 11 is 0. The summed E-state index contributed by atoms with van der Waals surface area (Å²) in [6.07, 6.45) is 0. The Morgan fingerprint density at radius 2 is 1.83 bits per heavy atom. The highest BCUT2D eigenvalue weighted by Gasteiger charge is 2.08. The fourth-order valence-electron chi connectivity index (χ4n) is 0.460. The van der Waals surface area contributed by atoms with E-state index in [4.69, 9.17) is 0 Å². The van der Waals surface area contributed by atoms with Crippen molar-refractivity contribution in [2.45, 2.75) is 6.92 Å². The molecule has 0 aliphatic heterocycles. The Balaban J connectivity index is 0. The molecule has 72 valence electrons. The summed E-state index contributed by atoms with van der Waals surface area (Å²) in [5.74, 6) is -0.0712. The Morgan fingerprint density at radius 1 is 1.42 bits per heavy atom. The van der Waals surface area contributed by atoms with Crippen molar-refractivity contribution >= 4 is 5.91 Å². The van der Waals surface area contributed by atoms with Crippen LogP contribution >= 0.6 is 0 Å². The molecule has 0 aromatic carbocycles. The van der Waals surface area contributed by atoms with Gasteiger partial charge >= 0.3 is 0 Å². The van der Waals surface area contributed by atoms with E-state index in [0.717, 1.165) is 4.48 Å². The van der Waals surface area contributed by atoms with Crippen LogP contribution in [0.25, 0.3) is 0 Å². The van der Waals surface area contributed by atoms with Crippen molar-refractivity contribution in [3.8, 4) is 0 Å². The van der Waals surface area contributed by atoms with Gasteiger partial charge in [-0.25, -0.2) is 0 Å². The second-order valence-electron chi connectivity index (χ2n) is 3.73. The van der Waals surface area contributed by atoms with Gasteiger partial charge in [-0.05, 0) is 6.92 Å². The molecule has 2 N–H and O–H groups in total. The van der Waals surface area contributed by atoms with Gasteiger partial charge < -0.3 is 15.3 Å². The predicted molar refractivity (Wildman–Crippen MR) is 47.8 cm³/mol. The first-order valence-corrected chi connectivity index (χ1v) is 3.57. The van der Waals surface area contributed by atoms with Gasteiger partial charge in [-0.15, -0.1) is 0 Å². The second kappa shape index (κ2) is 4.90. The minimum atomic E-state index is -0.0712. The van der Waals surface area contributed by atoms with Gasteiger partial charge in [0, 0.05) is 5.57 Å². The molecular formula is C8H18N2O2. The van der Waals surface area contributed by atoms with Crippen LogP contribution < -0.4 is 5.32 Å². The number of nitrogens with one attached hydrogen (secondary N) is 1. The normalized spacial score (nSPS) is 10.0. The maximum absolute atomic E-state index is 11.0. The largest absolute Gasteiger partial charge is 0.870 e. The molecule has 0 unspecified atom stereocenters. The van der Waals surface area contributed by atoms with Crippen molar-refractivity contribution < 1.29 is 14.8 Å². The lowest BCUT2D eigenvalue weighted by molar-refractivity contribution is -0.872. The topological polar surface area (TPSA) is 59.1 Å². The van der Waals surface area contributed by atoms with Gasteiger partial charge in [0.2, 0.25) is 0 Å². The minimum absolute atomic E-state index is 0. The predicted octanol–water partition coefficient (Wildman–Crippen LogP) is 0.166. The third-order valence-corrected chi connectivity index (χ3v) is 1.10. The van der Waals surface area contributed by atoms with Gasteiger partial charge in [-0.1, -0.05) is 6.58 Å². The number of hydrogen-bond donors (Lipinski definition) is 1. The quantitative estimate of drug-likeness (QED) is 0.376. The van der Waals surface area contributed by atoms with E-state index in [-0.39, 0.29) is 11.4 Å². The molecule has 0 aromatic heterocycles. The zero-order valence-electron chi connectivity index (χ0n) is 8.22. The van der Waals surface area contributed by atoms with Crippen LogP contribution in [-0.2, 0) is 4.79 Å². The number of carbonyl (C=O) groups excluding carboxylic acids is 1. The van der Waals surface area contributed by atoms with Crippen LogP contribution in [0.15, 0.2) is 12.2 Å². The highest BCUT2D eigenvalue weighted by molar-refractivity contribution is 5.91. The summed E-state index contributed by atoms with van der Waals surface area (Å²) in [6, 6.07) is 0. The summed E-state index contributed by atoms with van der Waals surface area (Å²) in [4.78, 5) is 11.0. The molecular weight excluding hydrogens is 156 g/mol. The molecule has 0 fully saturated rings. The van der Waals surface area contributed by atoms with E-state index >= 15 is 0 Å². The van der Waals surface area contributed by atoms with Crippen LogP contribution in [0.4, 0.5) is 0 Å². The molecule has 0 aliphatic rings.